The average molecular weight is 505 g/mol. The molecular formula is C28H28N2O5S. The van der Waals surface area contributed by atoms with Gasteiger partial charge in [0.2, 0.25) is 5.91 Å². The zero-order valence-corrected chi connectivity index (χ0v) is 21.0. The summed E-state index contributed by atoms with van der Waals surface area (Å²) in [6, 6.07) is 26.8. The van der Waals surface area contributed by atoms with Gasteiger partial charge in [-0.3, -0.25) is 9.10 Å². The Kier molecular flexibility index (Phi) is 7.75. The van der Waals surface area contributed by atoms with E-state index in [1.807, 2.05) is 49.4 Å². The Morgan fingerprint density at radius 1 is 0.917 bits per heavy atom. The number of fused-ring (bicyclic) bond motifs is 1. The highest BCUT2D eigenvalue weighted by Gasteiger charge is 2.27. The number of benzene rings is 4. The van der Waals surface area contributed by atoms with Crippen LogP contribution in [-0.2, 0) is 14.8 Å². The lowest BCUT2D eigenvalue weighted by Crippen LogP contribution is -2.41. The number of aryl methyl sites for hydroxylation is 1. The van der Waals surface area contributed by atoms with Gasteiger partial charge in [0.25, 0.3) is 10.0 Å². The molecule has 4 rings (SSSR count). The van der Waals surface area contributed by atoms with Gasteiger partial charge in [0.1, 0.15) is 24.7 Å². The van der Waals surface area contributed by atoms with Gasteiger partial charge >= 0.3 is 0 Å². The minimum atomic E-state index is -4.00. The third-order valence-corrected chi connectivity index (χ3v) is 7.46. The van der Waals surface area contributed by atoms with Gasteiger partial charge in [-0.25, -0.2) is 8.42 Å². The SMILES string of the molecule is COc1cccc(N(CC(=O)NCCOc2cccc3ccccc23)S(=O)(=O)c2ccc(C)cc2)c1. The van der Waals surface area contributed by atoms with Crippen molar-refractivity contribution in [2.75, 3.05) is 31.1 Å². The number of methoxy groups -OCH3 is 1. The average Bonchev–Trinajstić information content (AvgIpc) is 2.90. The van der Waals surface area contributed by atoms with Crippen molar-refractivity contribution in [1.29, 1.82) is 0 Å². The Bertz CT molecular complexity index is 1450. The maximum absolute atomic E-state index is 13.5. The van der Waals surface area contributed by atoms with Crippen LogP contribution in [0.3, 0.4) is 0 Å². The molecule has 1 amide bonds. The van der Waals surface area contributed by atoms with E-state index in [2.05, 4.69) is 5.32 Å². The molecule has 4 aromatic rings. The predicted octanol–water partition coefficient (Wildman–Crippen LogP) is 4.55. The third kappa shape index (κ3) is 5.78. The monoisotopic (exact) mass is 504 g/mol. The first-order valence-electron chi connectivity index (χ1n) is 11.5. The predicted molar refractivity (Wildman–Crippen MR) is 141 cm³/mol. The largest absolute Gasteiger partial charge is 0.497 e. The van der Waals surface area contributed by atoms with E-state index < -0.39 is 22.5 Å². The van der Waals surface area contributed by atoms with Gasteiger partial charge in [-0.1, -0.05) is 60.2 Å². The number of anilines is 1. The smallest absolute Gasteiger partial charge is 0.264 e. The van der Waals surface area contributed by atoms with E-state index in [4.69, 9.17) is 9.47 Å². The topological polar surface area (TPSA) is 84.9 Å². The van der Waals surface area contributed by atoms with Crippen molar-refractivity contribution in [3.8, 4) is 11.5 Å². The van der Waals surface area contributed by atoms with Crippen LogP contribution in [0.1, 0.15) is 5.56 Å². The molecular weight excluding hydrogens is 476 g/mol. The number of nitrogens with one attached hydrogen (secondary N) is 1. The zero-order chi connectivity index (χ0) is 25.5. The number of sulfonamides is 1. The Morgan fingerprint density at radius 3 is 2.42 bits per heavy atom. The summed E-state index contributed by atoms with van der Waals surface area (Å²) in [6.07, 6.45) is 0. The Balaban J connectivity index is 1.46. The number of ether oxygens (including phenoxy) is 2. The van der Waals surface area contributed by atoms with Crippen LogP contribution in [-0.4, -0.2) is 41.1 Å². The molecule has 0 aliphatic heterocycles. The quantitative estimate of drug-likeness (QED) is 0.321. The molecule has 0 bridgehead atoms. The van der Waals surface area contributed by atoms with Crippen LogP contribution >= 0.6 is 0 Å². The van der Waals surface area contributed by atoms with Gasteiger partial charge in [0.15, 0.2) is 0 Å². The van der Waals surface area contributed by atoms with Gasteiger partial charge in [0, 0.05) is 11.5 Å². The van der Waals surface area contributed by atoms with E-state index in [0.717, 1.165) is 26.4 Å². The molecule has 0 aliphatic rings. The standard InChI is InChI=1S/C28H28N2O5S/c1-21-13-15-25(16-14-21)36(32,33)30(23-9-6-10-24(19-23)34-2)20-28(31)29-17-18-35-27-12-5-8-22-7-3-4-11-26(22)27/h3-16,19H,17-18,20H2,1-2H3,(H,29,31). The van der Waals surface area contributed by atoms with Crippen LogP contribution in [0.15, 0.2) is 95.9 Å². The Labute approximate surface area is 211 Å². The van der Waals surface area contributed by atoms with Crippen molar-refractivity contribution in [1.82, 2.24) is 5.32 Å². The van der Waals surface area contributed by atoms with Gasteiger partial charge in [-0.15, -0.1) is 0 Å². The fourth-order valence-electron chi connectivity index (χ4n) is 3.78. The summed E-state index contributed by atoms with van der Waals surface area (Å²) in [7, 11) is -2.50. The molecule has 0 unspecified atom stereocenters. The molecule has 186 valence electrons. The fraction of sp³-hybridized carbons (Fsp3) is 0.179. The normalized spacial score (nSPS) is 11.2. The van der Waals surface area contributed by atoms with Gasteiger partial charge < -0.3 is 14.8 Å². The van der Waals surface area contributed by atoms with Gasteiger partial charge in [0.05, 0.1) is 24.2 Å². The van der Waals surface area contributed by atoms with Crippen molar-refractivity contribution in [3.63, 3.8) is 0 Å². The van der Waals surface area contributed by atoms with Gasteiger partial charge in [-0.2, -0.15) is 0 Å². The minimum absolute atomic E-state index is 0.100. The number of carbonyl (C=O) groups is 1. The highest BCUT2D eigenvalue weighted by molar-refractivity contribution is 7.92. The van der Waals surface area contributed by atoms with E-state index in [-0.39, 0.29) is 18.0 Å². The minimum Gasteiger partial charge on any atom is -0.497 e. The summed E-state index contributed by atoms with van der Waals surface area (Å²) < 4.78 is 39.2. The molecule has 0 fully saturated rings. The lowest BCUT2D eigenvalue weighted by atomic mass is 10.1. The summed E-state index contributed by atoms with van der Waals surface area (Å²) >= 11 is 0. The molecule has 0 spiro atoms. The number of rotatable bonds is 10. The van der Waals surface area contributed by atoms with Crippen LogP contribution in [0.25, 0.3) is 10.8 Å². The maximum Gasteiger partial charge on any atom is 0.264 e. The van der Waals surface area contributed by atoms with Gasteiger partial charge in [-0.05, 0) is 42.6 Å². The van der Waals surface area contributed by atoms with Crippen LogP contribution in [0, 0.1) is 6.92 Å². The molecule has 0 radical (unpaired) electrons. The first kappa shape index (κ1) is 25.1. The molecule has 0 aromatic heterocycles. The van der Waals surface area contributed by atoms with E-state index in [1.165, 1.54) is 19.2 Å². The van der Waals surface area contributed by atoms with Crippen molar-refractivity contribution in [2.45, 2.75) is 11.8 Å². The molecule has 0 saturated heterocycles. The second-order valence-electron chi connectivity index (χ2n) is 8.20. The van der Waals surface area contributed by atoms with Crippen molar-refractivity contribution < 1.29 is 22.7 Å². The van der Waals surface area contributed by atoms with E-state index in [1.54, 1.807) is 36.4 Å². The number of nitrogens with zero attached hydrogens (tertiary/aromatic N) is 1. The summed E-state index contributed by atoms with van der Waals surface area (Å²) in [5.41, 5.74) is 1.27. The molecule has 0 saturated carbocycles. The molecule has 7 nitrogen and oxygen atoms in total. The molecule has 8 heteroatoms. The van der Waals surface area contributed by atoms with Crippen molar-refractivity contribution >= 4 is 32.4 Å². The highest BCUT2D eigenvalue weighted by atomic mass is 32.2. The molecule has 1 N–H and O–H groups in total. The molecule has 0 heterocycles. The number of hydrogen-bond donors (Lipinski definition) is 1. The first-order valence-corrected chi connectivity index (χ1v) is 12.9. The van der Waals surface area contributed by atoms with Crippen LogP contribution in [0.4, 0.5) is 5.69 Å². The third-order valence-electron chi connectivity index (χ3n) is 5.67. The zero-order valence-electron chi connectivity index (χ0n) is 20.2. The van der Waals surface area contributed by atoms with Crippen molar-refractivity contribution in [3.05, 3.63) is 96.6 Å². The molecule has 0 atom stereocenters. The number of carbonyl (C=O) groups excluding carboxylic acids is 1. The van der Waals surface area contributed by atoms with E-state index >= 15 is 0 Å². The molecule has 36 heavy (non-hydrogen) atoms. The Hall–Kier alpha value is -4.04. The number of amides is 1. The summed E-state index contributed by atoms with van der Waals surface area (Å²) in [4.78, 5) is 12.9. The van der Waals surface area contributed by atoms with Crippen LogP contribution < -0.4 is 19.1 Å². The fourth-order valence-corrected chi connectivity index (χ4v) is 5.19. The summed E-state index contributed by atoms with van der Waals surface area (Å²) in [6.45, 7) is 1.95. The van der Waals surface area contributed by atoms with E-state index in [0.29, 0.717) is 11.4 Å². The second kappa shape index (κ2) is 11.1. The molecule has 4 aromatic carbocycles. The first-order chi connectivity index (χ1) is 17.4. The Morgan fingerprint density at radius 2 is 1.64 bits per heavy atom. The molecule has 0 aliphatic carbocycles. The van der Waals surface area contributed by atoms with Crippen LogP contribution in [0.5, 0.6) is 11.5 Å². The summed E-state index contributed by atoms with van der Waals surface area (Å²) in [5.74, 6) is 0.762. The van der Waals surface area contributed by atoms with E-state index in [9.17, 15) is 13.2 Å². The lowest BCUT2D eigenvalue weighted by Gasteiger charge is -2.24. The van der Waals surface area contributed by atoms with Crippen LogP contribution in [0.2, 0.25) is 0 Å². The van der Waals surface area contributed by atoms with Crippen molar-refractivity contribution in [2.24, 2.45) is 0 Å². The maximum atomic E-state index is 13.5. The number of hydrogen-bond acceptors (Lipinski definition) is 5. The lowest BCUT2D eigenvalue weighted by molar-refractivity contribution is -0.119. The second-order valence-corrected chi connectivity index (χ2v) is 10.1. The highest BCUT2D eigenvalue weighted by Crippen LogP contribution is 2.27. The summed E-state index contributed by atoms with van der Waals surface area (Å²) in [5, 5.41) is 4.81.